The second-order valence-electron chi connectivity index (χ2n) is 8.90. The number of benzene rings is 2. The minimum Gasteiger partial charge on any atom is -0.374 e. The van der Waals surface area contributed by atoms with Gasteiger partial charge in [-0.15, -0.1) is 11.8 Å². The smallest absolute Gasteiger partial charge is 0.124 e. The van der Waals surface area contributed by atoms with Gasteiger partial charge in [-0.1, -0.05) is 26.8 Å². The fraction of sp³-hybridized carbons (Fsp3) is 0.478. The number of aliphatic hydroxyl groups excluding tert-OH is 1. The van der Waals surface area contributed by atoms with Gasteiger partial charge in [-0.05, 0) is 66.6 Å². The highest BCUT2D eigenvalue weighted by Crippen LogP contribution is 2.34. The van der Waals surface area contributed by atoms with Crippen LogP contribution >= 0.6 is 11.8 Å². The topological polar surface area (TPSA) is 35.5 Å². The van der Waals surface area contributed by atoms with Gasteiger partial charge in [0.15, 0.2) is 0 Å². The molecule has 1 unspecified atom stereocenters. The van der Waals surface area contributed by atoms with Crippen LogP contribution in [0.5, 0.6) is 0 Å². The molecular weight excluding hydrogens is 371 g/mol. The van der Waals surface area contributed by atoms with E-state index in [2.05, 4.69) is 57.0 Å². The van der Waals surface area contributed by atoms with Crippen LogP contribution in [-0.4, -0.2) is 23.6 Å². The molecule has 0 saturated carbocycles. The first-order chi connectivity index (χ1) is 13.1. The molecule has 2 aromatic rings. The number of nitrogens with zero attached hydrogens (tertiary/aromatic N) is 1. The molecule has 1 aliphatic rings. The maximum Gasteiger partial charge on any atom is 0.124 e. The van der Waals surface area contributed by atoms with Crippen molar-refractivity contribution in [2.45, 2.75) is 58.7 Å². The highest BCUT2D eigenvalue weighted by molar-refractivity contribution is 7.99. The molecule has 0 saturated heterocycles. The predicted molar refractivity (Wildman–Crippen MR) is 118 cm³/mol. The zero-order valence-corrected chi connectivity index (χ0v) is 18.3. The molecule has 1 aliphatic heterocycles. The average Bonchev–Trinajstić information content (AvgIpc) is 2.78. The Morgan fingerprint density at radius 1 is 1.18 bits per heavy atom. The summed E-state index contributed by atoms with van der Waals surface area (Å²) in [4.78, 5) is 3.39. The Labute approximate surface area is 172 Å². The van der Waals surface area contributed by atoms with E-state index < -0.39 is 6.23 Å². The number of rotatable bonds is 4. The van der Waals surface area contributed by atoms with Crippen molar-refractivity contribution in [3.05, 3.63) is 52.8 Å². The minimum absolute atomic E-state index is 0.0603. The van der Waals surface area contributed by atoms with E-state index in [-0.39, 0.29) is 11.2 Å². The number of anilines is 2. The Kier molecular flexibility index (Phi) is 6.25. The Morgan fingerprint density at radius 3 is 2.50 bits per heavy atom. The largest absolute Gasteiger partial charge is 0.374 e. The molecule has 0 amide bonds. The number of halogens is 1. The molecule has 152 valence electrons. The van der Waals surface area contributed by atoms with E-state index >= 15 is 0 Å². The van der Waals surface area contributed by atoms with Crippen LogP contribution in [0.4, 0.5) is 15.8 Å². The van der Waals surface area contributed by atoms with Crippen LogP contribution in [0.15, 0.2) is 35.2 Å². The van der Waals surface area contributed by atoms with E-state index in [1.54, 1.807) is 23.9 Å². The van der Waals surface area contributed by atoms with Crippen molar-refractivity contribution < 1.29 is 9.50 Å². The number of aliphatic hydroxyl groups is 1. The third-order valence-electron chi connectivity index (χ3n) is 5.01. The lowest BCUT2D eigenvalue weighted by atomic mass is 9.91. The third-order valence-corrected chi connectivity index (χ3v) is 6.09. The Morgan fingerprint density at radius 2 is 1.86 bits per heavy atom. The summed E-state index contributed by atoms with van der Waals surface area (Å²) in [5.74, 6) is 0.759. The minimum atomic E-state index is -0.570. The molecule has 3 nitrogen and oxygen atoms in total. The molecule has 0 radical (unpaired) electrons. The Hall–Kier alpha value is -1.72. The molecule has 28 heavy (non-hydrogen) atoms. The zero-order valence-electron chi connectivity index (χ0n) is 17.5. The van der Waals surface area contributed by atoms with Crippen LogP contribution in [-0.2, 0) is 6.54 Å². The highest BCUT2D eigenvalue weighted by Gasteiger charge is 2.20. The van der Waals surface area contributed by atoms with E-state index in [1.165, 1.54) is 11.3 Å². The van der Waals surface area contributed by atoms with Crippen molar-refractivity contribution in [2.24, 2.45) is 5.41 Å². The quantitative estimate of drug-likeness (QED) is 0.641. The summed E-state index contributed by atoms with van der Waals surface area (Å²) < 4.78 is 13.6. The normalized spacial score (nSPS) is 15.8. The maximum absolute atomic E-state index is 13.6. The van der Waals surface area contributed by atoms with Crippen molar-refractivity contribution >= 4 is 23.1 Å². The first kappa shape index (κ1) is 21.0. The zero-order chi connectivity index (χ0) is 20.5. The van der Waals surface area contributed by atoms with Gasteiger partial charge in [0.1, 0.15) is 12.0 Å². The summed E-state index contributed by atoms with van der Waals surface area (Å²) in [6.45, 7) is 12.2. The summed E-state index contributed by atoms with van der Waals surface area (Å²) in [6.07, 6.45) is 0.115. The van der Waals surface area contributed by atoms with Crippen molar-refractivity contribution in [2.75, 3.05) is 22.5 Å². The van der Waals surface area contributed by atoms with E-state index in [0.29, 0.717) is 6.42 Å². The van der Waals surface area contributed by atoms with E-state index in [1.807, 2.05) is 6.07 Å². The van der Waals surface area contributed by atoms with Crippen molar-refractivity contribution in [1.82, 2.24) is 0 Å². The Balaban J connectivity index is 1.81. The van der Waals surface area contributed by atoms with Crippen LogP contribution in [0.3, 0.4) is 0 Å². The number of nitrogens with one attached hydrogen (secondary N) is 1. The number of thioether (sulfide) groups is 1. The molecule has 0 bridgehead atoms. The standard InChI is InChI=1S/C23H31FN2OS/c1-15-10-19(11-16(2)22(15)25-21(27)13-23(3,4)5)26-8-9-28-20-12-18(24)7-6-17(20)14-26/h6-7,10-12,21,25,27H,8-9,13-14H2,1-5H3. The fourth-order valence-electron chi connectivity index (χ4n) is 3.71. The molecule has 2 aromatic carbocycles. The van der Waals surface area contributed by atoms with Gasteiger partial charge in [0.25, 0.3) is 0 Å². The van der Waals surface area contributed by atoms with Crippen LogP contribution in [0.2, 0.25) is 0 Å². The summed E-state index contributed by atoms with van der Waals surface area (Å²) >= 11 is 1.72. The predicted octanol–water partition coefficient (Wildman–Crippen LogP) is 5.72. The summed E-state index contributed by atoms with van der Waals surface area (Å²) in [7, 11) is 0. The summed E-state index contributed by atoms with van der Waals surface area (Å²) in [5.41, 5.74) is 5.65. The van der Waals surface area contributed by atoms with Crippen molar-refractivity contribution in [1.29, 1.82) is 0 Å². The van der Waals surface area contributed by atoms with Gasteiger partial charge >= 0.3 is 0 Å². The molecule has 0 spiro atoms. The molecule has 1 atom stereocenters. The first-order valence-electron chi connectivity index (χ1n) is 9.84. The molecular formula is C23H31FN2OS. The maximum atomic E-state index is 13.6. The monoisotopic (exact) mass is 402 g/mol. The average molecular weight is 403 g/mol. The van der Waals surface area contributed by atoms with Crippen LogP contribution < -0.4 is 10.2 Å². The molecule has 5 heteroatoms. The van der Waals surface area contributed by atoms with Crippen LogP contribution in [0, 0.1) is 25.1 Å². The van der Waals surface area contributed by atoms with Gasteiger partial charge in [0.05, 0.1) is 0 Å². The second kappa shape index (κ2) is 8.34. The molecule has 0 aromatic heterocycles. The lowest BCUT2D eigenvalue weighted by Gasteiger charge is -2.27. The van der Waals surface area contributed by atoms with Gasteiger partial charge in [-0.3, -0.25) is 0 Å². The third kappa shape index (κ3) is 5.21. The molecule has 2 N–H and O–H groups in total. The SMILES string of the molecule is Cc1cc(N2CCSc3cc(F)ccc3C2)cc(C)c1NC(O)CC(C)(C)C. The summed E-state index contributed by atoms with van der Waals surface area (Å²) in [6, 6.07) is 9.44. The summed E-state index contributed by atoms with van der Waals surface area (Å²) in [5, 5.41) is 13.7. The Bertz CT molecular complexity index is 824. The highest BCUT2D eigenvalue weighted by atomic mass is 32.2. The van der Waals surface area contributed by atoms with Crippen molar-refractivity contribution in [3.8, 4) is 0 Å². The van der Waals surface area contributed by atoms with E-state index in [0.717, 1.165) is 40.6 Å². The van der Waals surface area contributed by atoms with Crippen molar-refractivity contribution in [3.63, 3.8) is 0 Å². The van der Waals surface area contributed by atoms with Gasteiger partial charge < -0.3 is 15.3 Å². The molecule has 3 rings (SSSR count). The fourth-order valence-corrected chi connectivity index (χ4v) is 4.76. The number of hydrogen-bond acceptors (Lipinski definition) is 4. The lowest BCUT2D eigenvalue weighted by Crippen LogP contribution is -2.27. The van der Waals surface area contributed by atoms with Gasteiger partial charge in [0.2, 0.25) is 0 Å². The molecule has 1 heterocycles. The van der Waals surface area contributed by atoms with E-state index in [9.17, 15) is 9.50 Å². The first-order valence-corrected chi connectivity index (χ1v) is 10.8. The van der Waals surface area contributed by atoms with Gasteiger partial charge in [-0.25, -0.2) is 4.39 Å². The number of aryl methyl sites for hydroxylation is 2. The van der Waals surface area contributed by atoms with Crippen LogP contribution in [0.1, 0.15) is 43.9 Å². The lowest BCUT2D eigenvalue weighted by molar-refractivity contribution is 0.145. The molecule has 0 aliphatic carbocycles. The van der Waals surface area contributed by atoms with E-state index in [4.69, 9.17) is 0 Å². The second-order valence-corrected chi connectivity index (χ2v) is 10.0. The number of hydrogen-bond donors (Lipinski definition) is 2. The van der Waals surface area contributed by atoms with Crippen LogP contribution in [0.25, 0.3) is 0 Å². The van der Waals surface area contributed by atoms with Gasteiger partial charge in [-0.2, -0.15) is 0 Å². The number of fused-ring (bicyclic) bond motifs is 1. The molecule has 0 fully saturated rings. The van der Waals surface area contributed by atoms with Gasteiger partial charge in [0, 0.05) is 35.1 Å².